The fraction of sp³-hybridized carbons (Fsp3) is 0.500. The molecule has 0 saturated heterocycles. The van der Waals surface area contributed by atoms with Crippen molar-refractivity contribution in [2.75, 3.05) is 13.1 Å². The van der Waals surface area contributed by atoms with E-state index in [-0.39, 0.29) is 0 Å². The molecule has 3 rings (SSSR count). The monoisotopic (exact) mass is 281 g/mol. The summed E-state index contributed by atoms with van der Waals surface area (Å²) in [4.78, 5) is 6.88. The number of hydrogen-bond acceptors (Lipinski definition) is 1. The van der Waals surface area contributed by atoms with Gasteiger partial charge in [0.25, 0.3) is 0 Å². The van der Waals surface area contributed by atoms with Crippen molar-refractivity contribution in [3.8, 4) is 0 Å². The number of aromatic nitrogens is 1. The van der Waals surface area contributed by atoms with Gasteiger partial charge in [0.2, 0.25) is 0 Å². The van der Waals surface area contributed by atoms with Crippen LogP contribution in [0.3, 0.4) is 0 Å². The Labute approximate surface area is 126 Å². The Bertz CT molecular complexity index is 663. The molecule has 0 amide bonds. The molecular formula is C18H23N3. The molecule has 2 N–H and O–H groups in total. The van der Waals surface area contributed by atoms with E-state index in [0.717, 1.165) is 36.1 Å². The molecule has 3 nitrogen and oxygen atoms in total. The molecule has 1 aromatic carbocycles. The zero-order chi connectivity index (χ0) is 14.8. The van der Waals surface area contributed by atoms with Crippen molar-refractivity contribution in [1.29, 1.82) is 0 Å². The van der Waals surface area contributed by atoms with E-state index < -0.39 is 0 Å². The van der Waals surface area contributed by atoms with Crippen LogP contribution in [0.15, 0.2) is 24.4 Å². The Hall–Kier alpha value is -1.79. The van der Waals surface area contributed by atoms with Crippen LogP contribution in [-0.4, -0.2) is 18.1 Å². The summed E-state index contributed by atoms with van der Waals surface area (Å²) in [6.07, 6.45) is 4.65. The second-order valence-corrected chi connectivity index (χ2v) is 6.57. The van der Waals surface area contributed by atoms with Crippen LogP contribution in [0.2, 0.25) is 0 Å². The fourth-order valence-corrected chi connectivity index (χ4v) is 3.04. The molecule has 1 aromatic heterocycles. The molecule has 2 atom stereocenters. The first-order chi connectivity index (χ1) is 10.2. The van der Waals surface area contributed by atoms with Crippen LogP contribution in [0.5, 0.6) is 0 Å². The van der Waals surface area contributed by atoms with E-state index in [2.05, 4.69) is 35.2 Å². The molecule has 0 spiro atoms. The van der Waals surface area contributed by atoms with Gasteiger partial charge in [-0.25, -0.2) is 4.85 Å². The van der Waals surface area contributed by atoms with Gasteiger partial charge in [0.05, 0.1) is 6.57 Å². The number of hydrogen-bond donors (Lipinski definition) is 2. The lowest BCUT2D eigenvalue weighted by molar-refractivity contribution is 0.525. The predicted octanol–water partition coefficient (Wildman–Crippen LogP) is 4.46. The Balaban J connectivity index is 1.63. The maximum atomic E-state index is 7.16. The molecule has 1 heterocycles. The van der Waals surface area contributed by atoms with Crippen LogP contribution < -0.4 is 5.32 Å². The van der Waals surface area contributed by atoms with E-state index in [0.29, 0.717) is 5.92 Å². The average Bonchev–Trinajstić information content (AvgIpc) is 3.12. The number of nitrogens with zero attached hydrogens (tertiary/aromatic N) is 1. The van der Waals surface area contributed by atoms with Gasteiger partial charge in [-0.3, -0.25) is 0 Å². The lowest BCUT2D eigenvalue weighted by Gasteiger charge is -2.06. The Kier molecular flexibility index (Phi) is 3.98. The van der Waals surface area contributed by atoms with Crippen LogP contribution in [0.1, 0.15) is 38.2 Å². The minimum atomic E-state index is 0.659. The molecule has 21 heavy (non-hydrogen) atoms. The first kappa shape index (κ1) is 14.2. The van der Waals surface area contributed by atoms with Crippen molar-refractivity contribution >= 4 is 16.6 Å². The number of aromatic amines is 1. The van der Waals surface area contributed by atoms with Gasteiger partial charge >= 0.3 is 0 Å². The molecule has 0 bridgehead atoms. The summed E-state index contributed by atoms with van der Waals surface area (Å²) < 4.78 is 0. The summed E-state index contributed by atoms with van der Waals surface area (Å²) in [6, 6.07) is 5.92. The van der Waals surface area contributed by atoms with E-state index >= 15 is 0 Å². The lowest BCUT2D eigenvalue weighted by atomic mass is 10.1. The molecular weight excluding hydrogens is 258 g/mol. The third-order valence-corrected chi connectivity index (χ3v) is 4.45. The third kappa shape index (κ3) is 3.11. The molecule has 0 aliphatic heterocycles. The van der Waals surface area contributed by atoms with Gasteiger partial charge < -0.3 is 10.3 Å². The van der Waals surface area contributed by atoms with Gasteiger partial charge in [0.1, 0.15) is 0 Å². The number of nitrogens with one attached hydrogen (secondary N) is 2. The number of benzene rings is 1. The Morgan fingerprint density at radius 2 is 2.29 bits per heavy atom. The standard InChI is InChI=1S/C18H23N3/c1-12(2)6-7-20-10-13-8-15(13)17-11-21-18-5-4-14(19-3)9-16(17)18/h4-5,9,11-13,15,20-21H,6-8,10H2,1-2H3. The van der Waals surface area contributed by atoms with E-state index in [9.17, 15) is 0 Å². The molecule has 3 heteroatoms. The molecule has 2 aromatic rings. The van der Waals surface area contributed by atoms with Crippen LogP contribution in [0.4, 0.5) is 5.69 Å². The SMILES string of the molecule is [C-]#[N+]c1ccc2[nH]cc(C3CC3CNCCC(C)C)c2c1. The summed E-state index contributed by atoms with van der Waals surface area (Å²) >= 11 is 0. The van der Waals surface area contributed by atoms with E-state index in [4.69, 9.17) is 6.57 Å². The van der Waals surface area contributed by atoms with Crippen molar-refractivity contribution in [3.05, 3.63) is 41.4 Å². The zero-order valence-corrected chi connectivity index (χ0v) is 12.8. The molecule has 1 aliphatic rings. The normalized spacial score (nSPS) is 20.9. The Morgan fingerprint density at radius 3 is 3.05 bits per heavy atom. The minimum Gasteiger partial charge on any atom is -0.361 e. The average molecular weight is 281 g/mol. The summed E-state index contributed by atoms with van der Waals surface area (Å²) in [5, 5.41) is 4.82. The van der Waals surface area contributed by atoms with Crippen LogP contribution in [-0.2, 0) is 0 Å². The number of rotatable bonds is 6. The second-order valence-electron chi connectivity index (χ2n) is 6.57. The quantitative estimate of drug-likeness (QED) is 0.594. The first-order valence-corrected chi connectivity index (χ1v) is 7.88. The molecule has 2 unspecified atom stereocenters. The van der Waals surface area contributed by atoms with Crippen LogP contribution >= 0.6 is 0 Å². The van der Waals surface area contributed by atoms with Gasteiger partial charge in [-0.05, 0) is 66.8 Å². The number of H-pyrrole nitrogens is 1. The Morgan fingerprint density at radius 1 is 1.43 bits per heavy atom. The van der Waals surface area contributed by atoms with Gasteiger partial charge in [-0.15, -0.1) is 0 Å². The summed E-state index contributed by atoms with van der Waals surface area (Å²) in [5.41, 5.74) is 3.28. The lowest BCUT2D eigenvalue weighted by Crippen LogP contribution is -2.19. The maximum absolute atomic E-state index is 7.16. The molecule has 1 saturated carbocycles. The van der Waals surface area contributed by atoms with Crippen LogP contribution in [0, 0.1) is 18.4 Å². The maximum Gasteiger partial charge on any atom is 0.187 e. The summed E-state index contributed by atoms with van der Waals surface area (Å²) in [6.45, 7) is 13.9. The van der Waals surface area contributed by atoms with E-state index in [1.165, 1.54) is 23.8 Å². The second kappa shape index (κ2) is 5.91. The van der Waals surface area contributed by atoms with E-state index in [1.807, 2.05) is 18.2 Å². The highest BCUT2D eigenvalue weighted by molar-refractivity contribution is 5.87. The molecule has 1 fully saturated rings. The van der Waals surface area contributed by atoms with Crippen molar-refractivity contribution in [3.63, 3.8) is 0 Å². The number of fused-ring (bicyclic) bond motifs is 1. The third-order valence-electron chi connectivity index (χ3n) is 4.45. The van der Waals surface area contributed by atoms with Crippen molar-refractivity contribution in [2.45, 2.75) is 32.6 Å². The highest BCUT2D eigenvalue weighted by Gasteiger charge is 2.39. The van der Waals surface area contributed by atoms with Crippen molar-refractivity contribution < 1.29 is 0 Å². The molecule has 0 radical (unpaired) electrons. The van der Waals surface area contributed by atoms with E-state index in [1.54, 1.807) is 0 Å². The largest absolute Gasteiger partial charge is 0.361 e. The first-order valence-electron chi connectivity index (χ1n) is 7.88. The summed E-state index contributed by atoms with van der Waals surface area (Å²) in [5.74, 6) is 2.19. The fourth-order valence-electron chi connectivity index (χ4n) is 3.04. The van der Waals surface area contributed by atoms with Gasteiger partial charge in [-0.1, -0.05) is 19.9 Å². The van der Waals surface area contributed by atoms with Gasteiger partial charge in [0, 0.05) is 11.7 Å². The molecule has 110 valence electrons. The molecule has 1 aliphatic carbocycles. The highest BCUT2D eigenvalue weighted by Crippen LogP contribution is 2.49. The van der Waals surface area contributed by atoms with Gasteiger partial charge in [0.15, 0.2) is 5.69 Å². The topological polar surface area (TPSA) is 32.2 Å². The smallest absolute Gasteiger partial charge is 0.187 e. The van der Waals surface area contributed by atoms with Crippen molar-refractivity contribution in [1.82, 2.24) is 10.3 Å². The predicted molar refractivity (Wildman–Crippen MR) is 87.7 cm³/mol. The summed E-state index contributed by atoms with van der Waals surface area (Å²) in [7, 11) is 0. The zero-order valence-electron chi connectivity index (χ0n) is 12.8. The van der Waals surface area contributed by atoms with Gasteiger partial charge in [-0.2, -0.15) is 0 Å². The van der Waals surface area contributed by atoms with Crippen LogP contribution in [0.25, 0.3) is 15.7 Å². The van der Waals surface area contributed by atoms with Crippen molar-refractivity contribution in [2.24, 2.45) is 11.8 Å². The highest BCUT2D eigenvalue weighted by atomic mass is 14.9. The minimum absolute atomic E-state index is 0.659.